The van der Waals surface area contributed by atoms with Gasteiger partial charge >= 0.3 is 0 Å². The van der Waals surface area contributed by atoms with Crippen LogP contribution in [0.25, 0.3) is 11.0 Å². The van der Waals surface area contributed by atoms with Gasteiger partial charge in [0, 0.05) is 12.1 Å². The third-order valence-corrected chi connectivity index (χ3v) is 4.61. The van der Waals surface area contributed by atoms with Crippen molar-refractivity contribution >= 4 is 16.9 Å². The second-order valence-corrected chi connectivity index (χ2v) is 6.65. The largest absolute Gasteiger partial charge is 0.350 e. The minimum absolute atomic E-state index is 0.0150. The fraction of sp³-hybridized carbons (Fsp3) is 0.143. The number of halogens is 2. The van der Waals surface area contributed by atoms with E-state index in [1.54, 1.807) is 0 Å². The second kappa shape index (κ2) is 8.24. The molecule has 7 nitrogen and oxygen atoms in total. The molecule has 4 rings (SSSR count). The van der Waals surface area contributed by atoms with Crippen molar-refractivity contribution < 1.29 is 13.6 Å². The number of aromatic nitrogens is 4. The third kappa shape index (κ3) is 3.95. The maximum atomic E-state index is 13.3. The summed E-state index contributed by atoms with van der Waals surface area (Å²) in [7, 11) is 0. The molecular formula is C21H17F2N5O2. The molecule has 4 aromatic rings. The van der Waals surface area contributed by atoms with Crippen LogP contribution in [-0.2, 0) is 13.1 Å². The number of amides is 1. The molecule has 1 N–H and O–H groups in total. The fourth-order valence-electron chi connectivity index (χ4n) is 3.07. The molecule has 0 radical (unpaired) electrons. The highest BCUT2D eigenvalue weighted by Gasteiger charge is 2.12. The summed E-state index contributed by atoms with van der Waals surface area (Å²) in [5, 5.41) is 7.16. The summed E-state index contributed by atoms with van der Waals surface area (Å²) in [6.45, 7) is 0.829. The minimum atomic E-state index is -1.09. The Morgan fingerprint density at radius 2 is 1.87 bits per heavy atom. The average molecular weight is 409 g/mol. The summed E-state index contributed by atoms with van der Waals surface area (Å²) in [6.07, 6.45) is 2.92. The van der Waals surface area contributed by atoms with E-state index in [0.717, 1.165) is 17.7 Å². The van der Waals surface area contributed by atoms with Crippen LogP contribution in [0, 0.1) is 11.6 Å². The maximum Gasteiger partial charge on any atom is 0.264 e. The van der Waals surface area contributed by atoms with Crippen LogP contribution in [0.1, 0.15) is 15.9 Å². The lowest BCUT2D eigenvalue weighted by Gasteiger charge is -2.08. The van der Waals surface area contributed by atoms with Crippen molar-refractivity contribution in [3.63, 3.8) is 0 Å². The van der Waals surface area contributed by atoms with E-state index in [4.69, 9.17) is 0 Å². The molecular weight excluding hydrogens is 392 g/mol. The Labute approximate surface area is 169 Å². The quantitative estimate of drug-likeness (QED) is 0.530. The van der Waals surface area contributed by atoms with E-state index < -0.39 is 17.5 Å². The summed E-state index contributed by atoms with van der Waals surface area (Å²) in [5.74, 6) is -2.64. The molecule has 30 heavy (non-hydrogen) atoms. The highest BCUT2D eigenvalue weighted by Crippen LogP contribution is 2.09. The van der Waals surface area contributed by atoms with Crippen LogP contribution in [0.2, 0.25) is 0 Å². The van der Waals surface area contributed by atoms with Crippen molar-refractivity contribution in [3.05, 3.63) is 94.2 Å². The molecule has 0 unspecified atom stereocenters. The first kappa shape index (κ1) is 19.4. The molecule has 0 bridgehead atoms. The summed E-state index contributed by atoms with van der Waals surface area (Å²) in [4.78, 5) is 29.1. The highest BCUT2D eigenvalue weighted by molar-refractivity contribution is 5.94. The van der Waals surface area contributed by atoms with Gasteiger partial charge in [0.1, 0.15) is 11.7 Å². The first-order valence-electron chi connectivity index (χ1n) is 9.21. The molecule has 0 aliphatic carbocycles. The number of nitrogens with one attached hydrogen (secondary N) is 1. The zero-order valence-corrected chi connectivity index (χ0v) is 15.8. The van der Waals surface area contributed by atoms with E-state index in [9.17, 15) is 18.4 Å². The van der Waals surface area contributed by atoms with Gasteiger partial charge in [-0.15, -0.1) is 0 Å². The minimum Gasteiger partial charge on any atom is -0.350 e. The van der Waals surface area contributed by atoms with E-state index in [0.29, 0.717) is 17.6 Å². The van der Waals surface area contributed by atoms with Crippen LogP contribution in [-0.4, -0.2) is 31.8 Å². The summed E-state index contributed by atoms with van der Waals surface area (Å²) < 4.78 is 29.3. The van der Waals surface area contributed by atoms with Gasteiger partial charge in [-0.2, -0.15) is 5.10 Å². The van der Waals surface area contributed by atoms with Crippen LogP contribution in [0.4, 0.5) is 8.78 Å². The van der Waals surface area contributed by atoms with E-state index in [1.165, 1.54) is 27.8 Å². The summed E-state index contributed by atoms with van der Waals surface area (Å²) in [6, 6.07) is 12.5. The van der Waals surface area contributed by atoms with Crippen molar-refractivity contribution in [1.82, 2.24) is 24.6 Å². The van der Waals surface area contributed by atoms with Crippen LogP contribution in [0.5, 0.6) is 0 Å². The van der Waals surface area contributed by atoms with Crippen LogP contribution in [0.3, 0.4) is 0 Å². The standard InChI is InChI=1S/C21H17F2N5O2/c22-17-7-6-15(10-18(17)23)20(29)24-8-9-28-19-16(11-26-28)21(30)27(13-25-19)12-14-4-2-1-3-5-14/h1-7,10-11,13H,8-9,12H2,(H,24,29). The molecule has 0 fully saturated rings. The van der Waals surface area contributed by atoms with Gasteiger partial charge in [0.15, 0.2) is 17.3 Å². The predicted octanol–water partition coefficient (Wildman–Crippen LogP) is 2.35. The van der Waals surface area contributed by atoms with Gasteiger partial charge in [-0.25, -0.2) is 18.4 Å². The average Bonchev–Trinajstić information content (AvgIpc) is 3.16. The van der Waals surface area contributed by atoms with Crippen LogP contribution < -0.4 is 10.9 Å². The number of nitrogens with zero attached hydrogens (tertiary/aromatic N) is 4. The lowest BCUT2D eigenvalue weighted by molar-refractivity contribution is 0.0951. The smallest absolute Gasteiger partial charge is 0.264 e. The number of fused-ring (bicyclic) bond motifs is 1. The molecule has 1 amide bonds. The molecule has 9 heteroatoms. The van der Waals surface area contributed by atoms with Gasteiger partial charge in [0.25, 0.3) is 11.5 Å². The highest BCUT2D eigenvalue weighted by atomic mass is 19.2. The molecule has 2 aromatic carbocycles. The van der Waals surface area contributed by atoms with Crippen molar-refractivity contribution in [2.75, 3.05) is 6.54 Å². The number of carbonyl (C=O) groups excluding carboxylic acids is 1. The zero-order chi connectivity index (χ0) is 21.1. The van der Waals surface area contributed by atoms with Crippen molar-refractivity contribution in [2.45, 2.75) is 13.1 Å². The predicted molar refractivity (Wildman–Crippen MR) is 106 cm³/mol. The van der Waals surface area contributed by atoms with Gasteiger partial charge < -0.3 is 5.32 Å². The topological polar surface area (TPSA) is 81.8 Å². The SMILES string of the molecule is O=C(NCCn1ncc2c(=O)n(Cc3ccccc3)cnc21)c1ccc(F)c(F)c1. The van der Waals surface area contributed by atoms with E-state index in [1.807, 2.05) is 30.3 Å². The number of rotatable bonds is 6. The lowest BCUT2D eigenvalue weighted by Crippen LogP contribution is -2.28. The molecule has 2 aromatic heterocycles. The van der Waals surface area contributed by atoms with Crippen LogP contribution in [0.15, 0.2) is 65.8 Å². The van der Waals surface area contributed by atoms with Gasteiger partial charge in [0.2, 0.25) is 0 Å². The fourth-order valence-corrected chi connectivity index (χ4v) is 3.07. The monoisotopic (exact) mass is 409 g/mol. The lowest BCUT2D eigenvalue weighted by atomic mass is 10.2. The van der Waals surface area contributed by atoms with Gasteiger partial charge in [-0.3, -0.25) is 14.2 Å². The Kier molecular flexibility index (Phi) is 5.34. The molecule has 0 saturated heterocycles. The van der Waals surface area contributed by atoms with E-state index in [-0.39, 0.29) is 24.2 Å². The third-order valence-electron chi connectivity index (χ3n) is 4.61. The van der Waals surface area contributed by atoms with Crippen molar-refractivity contribution in [1.29, 1.82) is 0 Å². The van der Waals surface area contributed by atoms with E-state index >= 15 is 0 Å². The first-order valence-corrected chi connectivity index (χ1v) is 9.21. The molecule has 0 spiro atoms. The molecule has 0 aliphatic rings. The first-order chi connectivity index (χ1) is 14.5. The Bertz CT molecular complexity index is 1270. The van der Waals surface area contributed by atoms with Crippen molar-refractivity contribution in [3.8, 4) is 0 Å². The number of hydrogen-bond acceptors (Lipinski definition) is 4. The Morgan fingerprint density at radius 3 is 2.63 bits per heavy atom. The molecule has 0 aliphatic heterocycles. The number of carbonyl (C=O) groups is 1. The maximum absolute atomic E-state index is 13.3. The number of hydrogen-bond donors (Lipinski definition) is 1. The molecule has 2 heterocycles. The molecule has 0 saturated carbocycles. The summed E-state index contributed by atoms with van der Waals surface area (Å²) >= 11 is 0. The zero-order valence-electron chi connectivity index (χ0n) is 15.8. The van der Waals surface area contributed by atoms with E-state index in [2.05, 4.69) is 15.4 Å². The Hall–Kier alpha value is -3.88. The van der Waals surface area contributed by atoms with Gasteiger partial charge in [0.05, 0.1) is 19.3 Å². The molecule has 0 atom stereocenters. The molecule has 152 valence electrons. The van der Waals surface area contributed by atoms with Crippen LogP contribution >= 0.6 is 0 Å². The second-order valence-electron chi connectivity index (χ2n) is 6.65. The Balaban J connectivity index is 1.45. The summed E-state index contributed by atoms with van der Waals surface area (Å²) in [5.41, 5.74) is 1.20. The van der Waals surface area contributed by atoms with Crippen molar-refractivity contribution in [2.24, 2.45) is 0 Å². The normalized spacial score (nSPS) is 11.0. The number of benzene rings is 2. The van der Waals surface area contributed by atoms with Gasteiger partial charge in [-0.05, 0) is 23.8 Å². The van der Waals surface area contributed by atoms with Gasteiger partial charge in [-0.1, -0.05) is 30.3 Å². The Morgan fingerprint density at radius 1 is 1.07 bits per heavy atom.